The monoisotopic (exact) mass is 792 g/mol. The summed E-state index contributed by atoms with van der Waals surface area (Å²) < 4.78 is 0. The molecule has 0 aliphatic heterocycles. The summed E-state index contributed by atoms with van der Waals surface area (Å²) in [6, 6.07) is 0. The third kappa shape index (κ3) is 116. The molecular weight excluding hydrogens is 780 g/mol. The van der Waals surface area contributed by atoms with Gasteiger partial charge in [0.25, 0.3) is 0 Å². The molecule has 105 valence electrons. The minimum atomic E-state index is 0. The maximum absolute atomic E-state index is 3.38. The third-order valence-corrected chi connectivity index (χ3v) is 0. The Hall–Kier alpha value is 10.0. The van der Waals surface area contributed by atoms with Crippen LogP contribution in [0.2, 0.25) is 0 Å². The molecule has 0 aromatic heterocycles. The molecule has 0 atom stereocenters. The molecule has 15 heavy (non-hydrogen) atoms. The van der Waals surface area contributed by atoms with Crippen LogP contribution in [-0.4, -0.2) is 0 Å². The van der Waals surface area contributed by atoms with Crippen molar-refractivity contribution >= 4 is 0 Å². The minimum absolute atomic E-state index is 0. The van der Waals surface area contributed by atoms with Gasteiger partial charge in [0.1, 0.15) is 0 Å². The maximum atomic E-state index is 3.38. The topological polar surface area (TPSA) is 0 Å². The quantitative estimate of drug-likeness (QED) is 0.331. The van der Waals surface area contributed by atoms with Gasteiger partial charge in [-0.2, -0.15) is 0 Å². The number of hydrogen-bond donors (Lipinski definition) is 0. The zero-order valence-electron chi connectivity index (χ0n) is 7.67. The van der Waals surface area contributed by atoms with Gasteiger partial charge in [-0.1, -0.05) is 0 Å². The summed E-state index contributed by atoms with van der Waals surface area (Å²) in [6.45, 7) is 13.5. The Morgan fingerprint density at radius 1 is 0.533 bits per heavy atom. The first kappa shape index (κ1) is 73.4. The van der Waals surface area contributed by atoms with Gasteiger partial charge in [0.05, 0.1) is 0 Å². The van der Waals surface area contributed by atoms with Gasteiger partial charge in [0.15, 0.2) is 0 Å². The van der Waals surface area contributed by atoms with Crippen molar-refractivity contribution in [2.45, 2.75) is 12.8 Å². The normalized spacial score (nSPS) is 2.40. The van der Waals surface area contributed by atoms with E-state index in [0.717, 1.165) is 12.8 Å². The molecule has 0 N–H and O–H groups in total. The van der Waals surface area contributed by atoms with Crippen LogP contribution in [-0.2, 0) is 74.8 Å². The molecular formula is C6H12Ar6PtWY-2. The van der Waals surface area contributed by atoms with Crippen LogP contribution in [0, 0.1) is 254 Å². The van der Waals surface area contributed by atoms with E-state index >= 15 is 0 Å². The molecule has 0 saturated carbocycles. The largest absolute Gasteiger partial charge is 2.00 e. The van der Waals surface area contributed by atoms with E-state index in [1.54, 1.807) is 0 Å². The predicted octanol–water partition coefficient (Wildman–Crippen LogP) is 2.08. The Bertz CT molecular complexity index is 29.6. The Labute approximate surface area is 330 Å². The average Bonchev–Trinajstić information content (AvgIpc) is 1.39. The molecule has 9 heteroatoms. The van der Waals surface area contributed by atoms with Crippen LogP contribution in [0.3, 0.4) is 0 Å². The fourth-order valence-corrected chi connectivity index (χ4v) is 0. The van der Waals surface area contributed by atoms with E-state index in [2.05, 4.69) is 27.7 Å². The van der Waals surface area contributed by atoms with Crippen LogP contribution >= 0.6 is 0 Å². The SMILES string of the molecule is [Ar].[Ar].[Ar].[Ar].[Ar].[Ar].[CH2-]C[CH2-].[CH2-]C[CH2-].[Pt+2].[W].[Y]. The average molecular weight is 792 g/mol. The van der Waals surface area contributed by atoms with Crippen molar-refractivity contribution in [3.63, 3.8) is 0 Å². The molecule has 0 heterocycles. The molecule has 0 nitrogen and oxygen atoms in total. The second-order valence-corrected chi connectivity index (χ2v) is 0.707. The van der Waals surface area contributed by atoms with Gasteiger partial charge < -0.3 is 40.5 Å². The van der Waals surface area contributed by atoms with Crippen LogP contribution in [0.1, 0.15) is 12.8 Å². The zero-order chi connectivity index (χ0) is 5.41. The summed E-state index contributed by atoms with van der Waals surface area (Å²) in [4.78, 5) is 0. The first-order chi connectivity index (χ1) is 2.83. The molecule has 0 saturated heterocycles. The number of rotatable bonds is 0. The molecule has 0 aliphatic carbocycles. The van der Waals surface area contributed by atoms with Crippen LogP contribution in [0.4, 0.5) is 0 Å². The van der Waals surface area contributed by atoms with E-state index in [1.807, 2.05) is 0 Å². The summed E-state index contributed by atoms with van der Waals surface area (Å²) >= 11 is 0. The summed E-state index contributed by atoms with van der Waals surface area (Å²) in [5.74, 6) is 0. The van der Waals surface area contributed by atoms with Gasteiger partial charge in [-0.3, -0.25) is 0 Å². The van der Waals surface area contributed by atoms with E-state index in [0.29, 0.717) is 0 Å². The van der Waals surface area contributed by atoms with Crippen molar-refractivity contribution in [3.05, 3.63) is 27.7 Å². The maximum Gasteiger partial charge on any atom is 2.00 e. The third-order valence-electron chi connectivity index (χ3n) is 0. The zero-order valence-corrected chi connectivity index (χ0v) is 20.0. The Kier molecular flexibility index (Phi) is 431. The van der Waals surface area contributed by atoms with Crippen LogP contribution in [0.15, 0.2) is 0 Å². The van der Waals surface area contributed by atoms with Gasteiger partial charge >= 0.3 is 21.1 Å². The van der Waals surface area contributed by atoms with Crippen LogP contribution in [0.5, 0.6) is 0 Å². The molecule has 0 fully saturated rings. The molecule has 0 bridgehead atoms. The van der Waals surface area contributed by atoms with E-state index in [1.165, 1.54) is 0 Å². The summed E-state index contributed by atoms with van der Waals surface area (Å²) in [6.07, 6.45) is 1.50. The van der Waals surface area contributed by atoms with E-state index in [4.69, 9.17) is 0 Å². The van der Waals surface area contributed by atoms with Crippen molar-refractivity contribution in [3.8, 4) is 0 Å². The molecule has 1 radical (unpaired) electrons. The smallest absolute Gasteiger partial charge is 0.372 e. The van der Waals surface area contributed by atoms with Crippen molar-refractivity contribution in [1.82, 2.24) is 0 Å². The molecule has 0 aromatic rings. The first-order valence-corrected chi connectivity index (χ1v) is 2.00. The second kappa shape index (κ2) is 88.0. The van der Waals surface area contributed by atoms with Gasteiger partial charge in [0.2, 0.25) is 0 Å². The molecule has 0 spiro atoms. The van der Waals surface area contributed by atoms with E-state index in [9.17, 15) is 0 Å². The fraction of sp³-hybridized carbons (Fsp3) is 0.333. The number of hydrogen-bond acceptors (Lipinski definition) is 0. The molecule has 0 rings (SSSR count). The van der Waals surface area contributed by atoms with Crippen LogP contribution < -0.4 is 0 Å². The van der Waals surface area contributed by atoms with Gasteiger partial charge in [-0.15, -0.1) is 0 Å². The van der Waals surface area contributed by atoms with Crippen molar-refractivity contribution in [2.24, 2.45) is 0 Å². The molecule has 0 unspecified atom stereocenters. The van der Waals surface area contributed by atoms with E-state index < -0.39 is 0 Å². The fourth-order valence-electron chi connectivity index (χ4n) is 0. The summed E-state index contributed by atoms with van der Waals surface area (Å²) in [5, 5.41) is 0. The Morgan fingerprint density at radius 3 is 0.533 bits per heavy atom. The van der Waals surface area contributed by atoms with Gasteiger partial charge in [-0.25, -0.2) is 0 Å². The Morgan fingerprint density at radius 2 is 0.533 bits per heavy atom. The van der Waals surface area contributed by atoms with Crippen molar-refractivity contribution < 1.29 is 301 Å². The summed E-state index contributed by atoms with van der Waals surface area (Å²) in [7, 11) is 0. The second-order valence-electron chi connectivity index (χ2n) is 0.707. The minimum Gasteiger partial charge on any atom is -0.372 e. The molecule has 0 aromatic carbocycles. The molecule has 0 amide bonds. The van der Waals surface area contributed by atoms with Gasteiger partial charge in [0, 0.05) is 280 Å². The summed E-state index contributed by atoms with van der Waals surface area (Å²) in [5.41, 5.74) is 0. The molecule has 0 aliphatic rings. The van der Waals surface area contributed by atoms with Crippen molar-refractivity contribution in [2.75, 3.05) is 0 Å². The standard InChI is InChI=1S/2C3H6.6Ar.Pt.W.Y/c2*1-3-2;;;;;;;;;/h2*1-3H2;;;;;;;;;/q2*-2;;;;;;;+2;;. The van der Waals surface area contributed by atoms with Crippen molar-refractivity contribution in [1.29, 1.82) is 0 Å². The predicted molar refractivity (Wildman–Crippen MR) is 30.7 cm³/mol. The first-order valence-electron chi connectivity index (χ1n) is 2.00. The van der Waals surface area contributed by atoms with Crippen LogP contribution in [0.25, 0.3) is 0 Å². The van der Waals surface area contributed by atoms with Gasteiger partial charge in [-0.05, 0) is 0 Å². The Balaban J connectivity index is -0.00000000148. The van der Waals surface area contributed by atoms with E-state index in [-0.39, 0.29) is 301 Å².